The lowest BCUT2D eigenvalue weighted by Crippen LogP contribution is -2.31. The van der Waals surface area contributed by atoms with Crippen molar-refractivity contribution < 1.29 is 12.8 Å². The molecule has 0 aliphatic rings. The molecule has 7 heteroatoms. The van der Waals surface area contributed by atoms with Crippen LogP contribution < -0.4 is 10.0 Å². The summed E-state index contributed by atoms with van der Waals surface area (Å²) in [5.41, 5.74) is 0. The van der Waals surface area contributed by atoms with Crippen molar-refractivity contribution in [2.24, 2.45) is 0 Å². The Morgan fingerprint density at radius 1 is 1.30 bits per heavy atom. The monoisotopic (exact) mass is 303 g/mol. The van der Waals surface area contributed by atoms with E-state index in [0.29, 0.717) is 31.2 Å². The second-order valence-corrected chi connectivity index (χ2v) is 6.75. The van der Waals surface area contributed by atoms with Crippen LogP contribution in [0.15, 0.2) is 15.4 Å². The van der Waals surface area contributed by atoms with Crippen LogP contribution in [-0.4, -0.2) is 47.0 Å². The first kappa shape index (κ1) is 17.2. The van der Waals surface area contributed by atoms with Gasteiger partial charge in [0.1, 0.15) is 16.4 Å². The van der Waals surface area contributed by atoms with Crippen LogP contribution in [-0.2, 0) is 16.6 Å². The molecule has 116 valence electrons. The molecule has 0 fully saturated rings. The molecule has 0 radical (unpaired) electrons. The van der Waals surface area contributed by atoms with Crippen LogP contribution in [0.2, 0.25) is 0 Å². The molecule has 0 atom stereocenters. The number of aryl methyl sites for hydroxylation is 1. The van der Waals surface area contributed by atoms with E-state index in [2.05, 4.69) is 17.0 Å². The SMILES string of the molecule is CCCNCc1cc(S(=O)(=O)NCCN(C)C)c(C)o1. The van der Waals surface area contributed by atoms with Gasteiger partial charge in [-0.1, -0.05) is 6.92 Å². The number of rotatable bonds is 9. The first-order chi connectivity index (χ1) is 9.36. The van der Waals surface area contributed by atoms with Gasteiger partial charge >= 0.3 is 0 Å². The molecule has 0 bridgehead atoms. The molecule has 0 spiro atoms. The fraction of sp³-hybridized carbons (Fsp3) is 0.692. The van der Waals surface area contributed by atoms with Gasteiger partial charge in [0, 0.05) is 19.2 Å². The molecule has 1 aromatic heterocycles. The Hall–Kier alpha value is -0.890. The van der Waals surface area contributed by atoms with E-state index < -0.39 is 10.0 Å². The molecule has 0 saturated heterocycles. The van der Waals surface area contributed by atoms with Crippen molar-refractivity contribution in [3.8, 4) is 0 Å². The molecule has 0 aliphatic heterocycles. The zero-order valence-corrected chi connectivity index (χ0v) is 13.5. The number of hydrogen-bond acceptors (Lipinski definition) is 5. The van der Waals surface area contributed by atoms with Crippen LogP contribution in [0.25, 0.3) is 0 Å². The summed E-state index contributed by atoms with van der Waals surface area (Å²) in [6, 6.07) is 1.59. The van der Waals surface area contributed by atoms with Crippen molar-refractivity contribution in [3.63, 3.8) is 0 Å². The normalized spacial score (nSPS) is 12.2. The maximum Gasteiger partial charge on any atom is 0.244 e. The largest absolute Gasteiger partial charge is 0.464 e. The standard InChI is InChI=1S/C13H25N3O3S/c1-5-6-14-10-12-9-13(11(2)19-12)20(17,18)15-7-8-16(3)4/h9,14-15H,5-8,10H2,1-4H3. The van der Waals surface area contributed by atoms with Gasteiger partial charge < -0.3 is 14.6 Å². The van der Waals surface area contributed by atoms with E-state index in [4.69, 9.17) is 4.42 Å². The van der Waals surface area contributed by atoms with Gasteiger partial charge in [-0.25, -0.2) is 13.1 Å². The Kier molecular flexibility index (Phi) is 6.67. The van der Waals surface area contributed by atoms with Crippen molar-refractivity contribution in [2.75, 3.05) is 33.7 Å². The van der Waals surface area contributed by atoms with E-state index in [1.54, 1.807) is 13.0 Å². The lowest BCUT2D eigenvalue weighted by atomic mass is 10.4. The zero-order chi connectivity index (χ0) is 15.2. The average molecular weight is 303 g/mol. The second-order valence-electron chi connectivity index (χ2n) is 5.01. The Balaban J connectivity index is 2.69. The molecule has 0 saturated carbocycles. The summed E-state index contributed by atoms with van der Waals surface area (Å²) in [4.78, 5) is 2.15. The number of likely N-dealkylation sites (N-methyl/N-ethyl adjacent to an activating group) is 1. The zero-order valence-electron chi connectivity index (χ0n) is 12.7. The summed E-state index contributed by atoms with van der Waals surface area (Å²) in [6.45, 7) is 6.20. The fourth-order valence-electron chi connectivity index (χ4n) is 1.75. The third-order valence-corrected chi connectivity index (χ3v) is 4.36. The number of nitrogens with zero attached hydrogens (tertiary/aromatic N) is 1. The topological polar surface area (TPSA) is 74.6 Å². The summed E-state index contributed by atoms with van der Waals surface area (Å²) in [5, 5.41) is 3.19. The first-order valence-electron chi connectivity index (χ1n) is 6.81. The van der Waals surface area contributed by atoms with Crippen molar-refractivity contribution in [2.45, 2.75) is 31.7 Å². The highest BCUT2D eigenvalue weighted by molar-refractivity contribution is 7.89. The summed E-state index contributed by atoms with van der Waals surface area (Å²) in [7, 11) is 0.301. The molecule has 0 unspecified atom stereocenters. The van der Waals surface area contributed by atoms with Gasteiger partial charge in [0.15, 0.2) is 0 Å². The van der Waals surface area contributed by atoms with Crippen molar-refractivity contribution in [1.29, 1.82) is 0 Å². The van der Waals surface area contributed by atoms with Gasteiger partial charge in [0.25, 0.3) is 0 Å². The summed E-state index contributed by atoms with van der Waals surface area (Å²) >= 11 is 0. The molecule has 0 amide bonds. The molecule has 1 heterocycles. The van der Waals surface area contributed by atoms with E-state index in [1.165, 1.54) is 0 Å². The van der Waals surface area contributed by atoms with E-state index in [9.17, 15) is 8.42 Å². The van der Waals surface area contributed by atoms with Crippen molar-refractivity contribution >= 4 is 10.0 Å². The molecular weight excluding hydrogens is 278 g/mol. The maximum atomic E-state index is 12.2. The Bertz CT molecular complexity index is 509. The number of furan rings is 1. The van der Waals surface area contributed by atoms with E-state index >= 15 is 0 Å². The molecule has 20 heavy (non-hydrogen) atoms. The Morgan fingerprint density at radius 2 is 2.00 bits per heavy atom. The third kappa shape index (κ3) is 5.24. The van der Waals surface area contributed by atoms with E-state index in [1.807, 2.05) is 19.0 Å². The summed E-state index contributed by atoms with van der Waals surface area (Å²) in [6.07, 6.45) is 1.02. The molecule has 2 N–H and O–H groups in total. The second kappa shape index (κ2) is 7.78. The molecule has 0 aromatic carbocycles. The molecule has 1 aromatic rings. The number of sulfonamides is 1. The van der Waals surface area contributed by atoms with Gasteiger partial charge in [-0.3, -0.25) is 0 Å². The summed E-state index contributed by atoms with van der Waals surface area (Å²) < 4.78 is 32.4. The smallest absolute Gasteiger partial charge is 0.244 e. The molecule has 1 rings (SSSR count). The lowest BCUT2D eigenvalue weighted by molar-refractivity contribution is 0.412. The number of nitrogens with one attached hydrogen (secondary N) is 2. The van der Waals surface area contributed by atoms with Crippen molar-refractivity contribution in [3.05, 3.63) is 17.6 Å². The van der Waals surface area contributed by atoms with Crippen LogP contribution >= 0.6 is 0 Å². The Morgan fingerprint density at radius 3 is 2.60 bits per heavy atom. The molecular formula is C13H25N3O3S. The Labute approximate surface area is 121 Å². The predicted octanol–water partition coefficient (Wildman–Crippen LogP) is 0.928. The van der Waals surface area contributed by atoms with Crippen molar-refractivity contribution in [1.82, 2.24) is 14.9 Å². The highest BCUT2D eigenvalue weighted by atomic mass is 32.2. The van der Waals surface area contributed by atoms with E-state index in [0.717, 1.165) is 13.0 Å². The van der Waals surface area contributed by atoms with Gasteiger partial charge in [0.05, 0.1) is 6.54 Å². The third-order valence-electron chi connectivity index (χ3n) is 2.79. The van der Waals surface area contributed by atoms with Crippen LogP contribution in [0.1, 0.15) is 24.9 Å². The number of hydrogen-bond donors (Lipinski definition) is 2. The van der Waals surface area contributed by atoms with Crippen LogP contribution in [0.4, 0.5) is 0 Å². The predicted molar refractivity (Wildman–Crippen MR) is 79.2 cm³/mol. The quantitative estimate of drug-likeness (QED) is 0.664. The minimum Gasteiger partial charge on any atom is -0.464 e. The van der Waals surface area contributed by atoms with Crippen LogP contribution in [0, 0.1) is 6.92 Å². The lowest BCUT2D eigenvalue weighted by Gasteiger charge is -2.10. The summed E-state index contributed by atoms with van der Waals surface area (Å²) in [5.74, 6) is 1.07. The minimum absolute atomic E-state index is 0.226. The highest BCUT2D eigenvalue weighted by Gasteiger charge is 2.20. The first-order valence-corrected chi connectivity index (χ1v) is 8.29. The van der Waals surface area contributed by atoms with E-state index in [-0.39, 0.29) is 4.90 Å². The highest BCUT2D eigenvalue weighted by Crippen LogP contribution is 2.19. The maximum absolute atomic E-state index is 12.2. The minimum atomic E-state index is -3.49. The molecule has 6 nitrogen and oxygen atoms in total. The van der Waals surface area contributed by atoms with Gasteiger partial charge in [-0.05, 0) is 34.0 Å². The van der Waals surface area contributed by atoms with Gasteiger partial charge in [-0.2, -0.15) is 0 Å². The van der Waals surface area contributed by atoms with Crippen LogP contribution in [0.3, 0.4) is 0 Å². The average Bonchev–Trinajstić information content (AvgIpc) is 2.71. The fourth-order valence-corrected chi connectivity index (χ4v) is 2.97. The molecule has 0 aliphatic carbocycles. The van der Waals surface area contributed by atoms with Gasteiger partial charge in [-0.15, -0.1) is 0 Å². The van der Waals surface area contributed by atoms with Crippen LogP contribution in [0.5, 0.6) is 0 Å². The van der Waals surface area contributed by atoms with Gasteiger partial charge in [0.2, 0.25) is 10.0 Å².